The number of rotatable bonds is 7. The van der Waals surface area contributed by atoms with E-state index < -0.39 is 0 Å². The van der Waals surface area contributed by atoms with Crippen LogP contribution >= 0.6 is 0 Å². The fourth-order valence-electron chi connectivity index (χ4n) is 5.38. The summed E-state index contributed by atoms with van der Waals surface area (Å²) in [6.45, 7) is 7.16. The van der Waals surface area contributed by atoms with Crippen LogP contribution in [0.2, 0.25) is 0 Å². The van der Waals surface area contributed by atoms with Crippen LogP contribution in [0.4, 0.5) is 5.69 Å². The van der Waals surface area contributed by atoms with E-state index in [9.17, 15) is 4.79 Å². The molecular weight excluding hydrogens is 484 g/mol. The summed E-state index contributed by atoms with van der Waals surface area (Å²) in [4.78, 5) is 17.6. The maximum Gasteiger partial charge on any atom is 0.238 e. The highest BCUT2D eigenvalue weighted by Gasteiger charge is 2.23. The molecule has 4 aromatic rings. The van der Waals surface area contributed by atoms with E-state index in [0.29, 0.717) is 6.54 Å². The van der Waals surface area contributed by atoms with Gasteiger partial charge in [0.2, 0.25) is 5.91 Å². The summed E-state index contributed by atoms with van der Waals surface area (Å²) < 4.78 is 2.16. The van der Waals surface area contributed by atoms with Crippen LogP contribution in [0.3, 0.4) is 0 Å². The molecule has 0 saturated carbocycles. The average molecular weight is 519 g/mol. The van der Waals surface area contributed by atoms with Gasteiger partial charge >= 0.3 is 0 Å². The maximum absolute atomic E-state index is 12.9. The van der Waals surface area contributed by atoms with Gasteiger partial charge in [0.05, 0.1) is 12.2 Å². The van der Waals surface area contributed by atoms with Crippen molar-refractivity contribution in [1.82, 2.24) is 24.6 Å². The molecule has 3 heterocycles. The van der Waals surface area contributed by atoms with Gasteiger partial charge in [0.1, 0.15) is 5.82 Å². The van der Waals surface area contributed by atoms with E-state index in [4.69, 9.17) is 0 Å². The Morgan fingerprint density at radius 3 is 2.46 bits per heavy atom. The van der Waals surface area contributed by atoms with Crippen LogP contribution in [-0.2, 0) is 17.6 Å². The number of piperazine rings is 1. The van der Waals surface area contributed by atoms with Crippen molar-refractivity contribution in [3.63, 3.8) is 0 Å². The Kier molecular flexibility index (Phi) is 7.34. The van der Waals surface area contributed by atoms with E-state index in [0.717, 1.165) is 74.2 Å². The van der Waals surface area contributed by atoms with Crippen molar-refractivity contribution in [2.24, 2.45) is 0 Å². The Labute approximate surface area is 229 Å². The quantitative estimate of drug-likeness (QED) is 0.387. The molecule has 7 heteroatoms. The molecule has 1 fully saturated rings. The van der Waals surface area contributed by atoms with Gasteiger partial charge in [-0.15, -0.1) is 10.2 Å². The number of carbonyl (C=O) groups excluding carboxylic acids is 1. The van der Waals surface area contributed by atoms with Crippen molar-refractivity contribution in [3.8, 4) is 17.1 Å². The second-order valence-corrected chi connectivity index (χ2v) is 10.4. The van der Waals surface area contributed by atoms with Crippen LogP contribution in [0.5, 0.6) is 0 Å². The molecule has 0 aliphatic carbocycles. The third-order valence-corrected chi connectivity index (χ3v) is 7.57. The van der Waals surface area contributed by atoms with E-state index in [1.165, 1.54) is 16.7 Å². The number of hydrogen-bond acceptors (Lipinski definition) is 5. The molecule has 1 saturated heterocycles. The molecule has 39 heavy (non-hydrogen) atoms. The van der Waals surface area contributed by atoms with Crippen LogP contribution in [0.25, 0.3) is 23.2 Å². The third kappa shape index (κ3) is 5.85. The number of nitrogens with one attached hydrogen (secondary N) is 1. The lowest BCUT2D eigenvalue weighted by atomic mass is 10.0. The minimum Gasteiger partial charge on any atom is -0.325 e. The molecule has 0 spiro atoms. The summed E-state index contributed by atoms with van der Waals surface area (Å²) >= 11 is 0. The summed E-state index contributed by atoms with van der Waals surface area (Å²) in [7, 11) is 0. The molecule has 1 aromatic heterocycles. The second kappa shape index (κ2) is 11.4. The van der Waals surface area contributed by atoms with E-state index >= 15 is 0 Å². The van der Waals surface area contributed by atoms with Gasteiger partial charge in [-0.25, -0.2) is 0 Å². The molecule has 0 radical (unpaired) electrons. The Morgan fingerprint density at radius 2 is 1.67 bits per heavy atom. The van der Waals surface area contributed by atoms with Gasteiger partial charge in [0, 0.05) is 50.4 Å². The first-order chi connectivity index (χ1) is 19.1. The fraction of sp³-hybridized carbons (Fsp3) is 0.281. The van der Waals surface area contributed by atoms with Crippen molar-refractivity contribution in [3.05, 3.63) is 101 Å². The predicted molar refractivity (Wildman–Crippen MR) is 156 cm³/mol. The Balaban J connectivity index is 1.04. The molecule has 1 amide bonds. The molecule has 7 nitrogen and oxygen atoms in total. The Morgan fingerprint density at radius 1 is 0.897 bits per heavy atom. The molecule has 0 atom stereocenters. The van der Waals surface area contributed by atoms with Gasteiger partial charge in [0.25, 0.3) is 0 Å². The third-order valence-electron chi connectivity index (χ3n) is 7.57. The van der Waals surface area contributed by atoms with Gasteiger partial charge in [0.15, 0.2) is 5.82 Å². The zero-order chi connectivity index (χ0) is 26.6. The smallest absolute Gasteiger partial charge is 0.238 e. The van der Waals surface area contributed by atoms with Crippen LogP contribution in [0.1, 0.15) is 22.5 Å². The maximum atomic E-state index is 12.9. The summed E-state index contributed by atoms with van der Waals surface area (Å²) in [6, 6.07) is 24.9. The number of fused-ring (bicyclic) bond motifs is 3. The first kappa shape index (κ1) is 25.2. The topological polar surface area (TPSA) is 66.3 Å². The predicted octanol–water partition coefficient (Wildman–Crippen LogP) is 4.61. The van der Waals surface area contributed by atoms with Crippen molar-refractivity contribution in [2.45, 2.75) is 19.8 Å². The molecule has 2 aliphatic heterocycles. The minimum absolute atomic E-state index is 0.0357. The lowest BCUT2D eigenvalue weighted by Gasteiger charge is -2.33. The standard InChI is InChI=1S/C32H34N6O/c1-24-9-11-26(12-10-24)32-35-34-30-16-13-27-22-28(14-15-29(27)38(30)32)33-31(39)23-37-20-18-36(19-21-37)17-5-8-25-6-3-2-4-7-25/h2-12,14-15,22H,13,16-21,23H2,1H3,(H,33,39)/b8-5+. The number of aryl methyl sites for hydroxylation is 3. The number of carbonyl (C=O) groups is 1. The van der Waals surface area contributed by atoms with Gasteiger partial charge in [-0.2, -0.15) is 0 Å². The average Bonchev–Trinajstić information content (AvgIpc) is 3.39. The largest absolute Gasteiger partial charge is 0.325 e. The highest BCUT2D eigenvalue weighted by atomic mass is 16.2. The minimum atomic E-state index is 0.0357. The first-order valence-electron chi connectivity index (χ1n) is 13.7. The molecular formula is C32H34N6O. The van der Waals surface area contributed by atoms with Gasteiger partial charge < -0.3 is 5.32 Å². The number of anilines is 1. The molecule has 3 aromatic carbocycles. The van der Waals surface area contributed by atoms with Crippen molar-refractivity contribution < 1.29 is 4.79 Å². The number of nitrogens with zero attached hydrogens (tertiary/aromatic N) is 5. The molecule has 0 unspecified atom stereocenters. The number of hydrogen-bond donors (Lipinski definition) is 1. The molecule has 6 rings (SSSR count). The highest BCUT2D eigenvalue weighted by Crippen LogP contribution is 2.31. The van der Waals surface area contributed by atoms with Crippen LogP contribution < -0.4 is 5.32 Å². The SMILES string of the molecule is Cc1ccc(-c2nnc3n2-c2ccc(NC(=O)CN4CCN(C/C=C/c5ccccc5)CC4)cc2CC3)cc1. The highest BCUT2D eigenvalue weighted by molar-refractivity contribution is 5.92. The van der Waals surface area contributed by atoms with E-state index in [1.807, 2.05) is 12.1 Å². The molecule has 198 valence electrons. The molecule has 1 N–H and O–H groups in total. The Hall–Kier alpha value is -4.07. The second-order valence-electron chi connectivity index (χ2n) is 10.4. The van der Waals surface area contributed by atoms with E-state index in [-0.39, 0.29) is 5.91 Å². The van der Waals surface area contributed by atoms with Gasteiger partial charge in [-0.05, 0) is 42.7 Å². The zero-order valence-electron chi connectivity index (χ0n) is 22.4. The zero-order valence-corrected chi connectivity index (χ0v) is 22.4. The van der Waals surface area contributed by atoms with E-state index in [2.05, 4.69) is 110 Å². The summed E-state index contributed by atoms with van der Waals surface area (Å²) in [6.07, 6.45) is 6.10. The fourth-order valence-corrected chi connectivity index (χ4v) is 5.38. The lowest BCUT2D eigenvalue weighted by Crippen LogP contribution is -2.48. The first-order valence-corrected chi connectivity index (χ1v) is 13.7. The number of aromatic nitrogens is 3. The van der Waals surface area contributed by atoms with Crippen LogP contribution in [-0.4, -0.2) is 69.7 Å². The van der Waals surface area contributed by atoms with E-state index in [1.54, 1.807) is 0 Å². The van der Waals surface area contributed by atoms with Crippen molar-refractivity contribution >= 4 is 17.7 Å². The van der Waals surface area contributed by atoms with Gasteiger partial charge in [-0.1, -0.05) is 72.3 Å². The van der Waals surface area contributed by atoms with Crippen LogP contribution in [0.15, 0.2) is 78.9 Å². The molecule has 0 bridgehead atoms. The molecule has 2 aliphatic rings. The lowest BCUT2D eigenvalue weighted by molar-refractivity contribution is -0.117. The summed E-state index contributed by atoms with van der Waals surface area (Å²) in [5.74, 6) is 1.87. The van der Waals surface area contributed by atoms with Crippen molar-refractivity contribution in [1.29, 1.82) is 0 Å². The van der Waals surface area contributed by atoms with Gasteiger partial charge in [-0.3, -0.25) is 19.2 Å². The number of amides is 1. The van der Waals surface area contributed by atoms with Crippen LogP contribution in [0, 0.1) is 6.92 Å². The van der Waals surface area contributed by atoms with Crippen molar-refractivity contribution in [2.75, 3.05) is 44.6 Å². The monoisotopic (exact) mass is 518 g/mol. The Bertz CT molecular complexity index is 1470. The normalized spacial score (nSPS) is 15.7. The summed E-state index contributed by atoms with van der Waals surface area (Å²) in [5, 5.41) is 12.1. The number of benzene rings is 3. The summed E-state index contributed by atoms with van der Waals surface area (Å²) in [5.41, 5.74) is 6.63.